The zero-order valence-corrected chi connectivity index (χ0v) is 10.4. The van der Waals surface area contributed by atoms with Crippen LogP contribution in [0.5, 0.6) is 0 Å². The van der Waals surface area contributed by atoms with E-state index in [1.165, 1.54) is 5.56 Å². The molecular formula is C15H18O2. The Bertz CT molecular complexity index is 448. The van der Waals surface area contributed by atoms with Gasteiger partial charge < -0.3 is 4.74 Å². The van der Waals surface area contributed by atoms with Crippen LogP contribution >= 0.6 is 0 Å². The lowest BCUT2D eigenvalue weighted by Crippen LogP contribution is -2.16. The van der Waals surface area contributed by atoms with Crippen LogP contribution in [0.2, 0.25) is 0 Å². The molecule has 2 atom stereocenters. The lowest BCUT2D eigenvalue weighted by Gasteiger charge is -2.19. The Labute approximate surface area is 102 Å². The first-order valence-corrected chi connectivity index (χ1v) is 6.07. The largest absolute Gasteiger partial charge is 0.454 e. The average Bonchev–Trinajstić information content (AvgIpc) is 2.67. The van der Waals surface area contributed by atoms with Crippen LogP contribution in [0, 0.1) is 5.92 Å². The van der Waals surface area contributed by atoms with Crippen LogP contribution in [0.1, 0.15) is 37.5 Å². The Morgan fingerprint density at radius 2 is 2.18 bits per heavy atom. The summed E-state index contributed by atoms with van der Waals surface area (Å²) < 4.78 is 5.56. The fraction of sp³-hybridized carbons (Fsp3) is 0.400. The molecule has 0 amide bonds. The summed E-state index contributed by atoms with van der Waals surface area (Å²) in [6.07, 6.45) is 1.92. The molecule has 0 bridgehead atoms. The molecule has 0 fully saturated rings. The summed E-state index contributed by atoms with van der Waals surface area (Å²) in [5, 5.41) is 0. The van der Waals surface area contributed by atoms with Crippen molar-refractivity contribution >= 4 is 5.97 Å². The summed E-state index contributed by atoms with van der Waals surface area (Å²) in [5.74, 6) is 0.112. The van der Waals surface area contributed by atoms with Crippen molar-refractivity contribution in [3.05, 3.63) is 47.5 Å². The third-order valence-corrected chi connectivity index (χ3v) is 3.38. The lowest BCUT2D eigenvalue weighted by molar-refractivity contribution is -0.146. The normalized spacial score (nSPS) is 22.0. The van der Waals surface area contributed by atoms with Crippen molar-refractivity contribution in [2.45, 2.75) is 32.8 Å². The number of hydrogen-bond acceptors (Lipinski definition) is 2. The average molecular weight is 230 g/mol. The molecule has 1 aromatic carbocycles. The van der Waals surface area contributed by atoms with E-state index in [2.05, 4.69) is 25.6 Å². The molecule has 17 heavy (non-hydrogen) atoms. The van der Waals surface area contributed by atoms with Gasteiger partial charge >= 0.3 is 5.97 Å². The summed E-state index contributed by atoms with van der Waals surface area (Å²) in [5.41, 5.74) is 2.93. The second kappa shape index (κ2) is 4.74. The monoisotopic (exact) mass is 230 g/mol. The maximum atomic E-state index is 11.6. The predicted octanol–water partition coefficient (Wildman–Crippen LogP) is 3.43. The van der Waals surface area contributed by atoms with Crippen LogP contribution in [0.15, 0.2) is 36.4 Å². The molecule has 2 nitrogen and oxygen atoms in total. The third-order valence-electron chi connectivity index (χ3n) is 3.38. The zero-order valence-electron chi connectivity index (χ0n) is 10.4. The number of rotatable bonds is 3. The smallest absolute Gasteiger partial charge is 0.333 e. The van der Waals surface area contributed by atoms with Gasteiger partial charge in [-0.2, -0.15) is 0 Å². The quantitative estimate of drug-likeness (QED) is 0.587. The fourth-order valence-corrected chi connectivity index (χ4v) is 2.38. The van der Waals surface area contributed by atoms with E-state index in [0.717, 1.165) is 18.4 Å². The van der Waals surface area contributed by atoms with Crippen LogP contribution in [-0.2, 0) is 16.0 Å². The second-order valence-electron chi connectivity index (χ2n) is 4.68. The van der Waals surface area contributed by atoms with Crippen molar-refractivity contribution in [3.8, 4) is 0 Å². The molecular weight excluding hydrogens is 212 g/mol. The summed E-state index contributed by atoms with van der Waals surface area (Å²) >= 11 is 0. The topological polar surface area (TPSA) is 26.3 Å². The van der Waals surface area contributed by atoms with Gasteiger partial charge in [0.25, 0.3) is 0 Å². The van der Waals surface area contributed by atoms with E-state index in [1.54, 1.807) is 6.92 Å². The van der Waals surface area contributed by atoms with Crippen molar-refractivity contribution in [1.29, 1.82) is 0 Å². The number of benzene rings is 1. The van der Waals surface area contributed by atoms with Crippen LogP contribution in [0.4, 0.5) is 0 Å². The molecule has 2 rings (SSSR count). The van der Waals surface area contributed by atoms with Crippen molar-refractivity contribution in [3.63, 3.8) is 0 Å². The van der Waals surface area contributed by atoms with Gasteiger partial charge in [0.05, 0.1) is 0 Å². The molecule has 90 valence electrons. The number of esters is 1. The molecule has 1 aliphatic rings. The predicted molar refractivity (Wildman–Crippen MR) is 67.6 cm³/mol. The van der Waals surface area contributed by atoms with Gasteiger partial charge in [-0.15, -0.1) is 0 Å². The first-order chi connectivity index (χ1) is 8.13. The maximum absolute atomic E-state index is 11.6. The van der Waals surface area contributed by atoms with Gasteiger partial charge in [-0.1, -0.05) is 37.8 Å². The zero-order chi connectivity index (χ0) is 12.4. The summed E-state index contributed by atoms with van der Waals surface area (Å²) in [6.45, 7) is 7.45. The van der Waals surface area contributed by atoms with Gasteiger partial charge in [0.1, 0.15) is 6.10 Å². The minimum Gasteiger partial charge on any atom is -0.454 e. The van der Waals surface area contributed by atoms with Gasteiger partial charge in [-0.25, -0.2) is 4.79 Å². The van der Waals surface area contributed by atoms with Crippen molar-refractivity contribution in [2.75, 3.05) is 0 Å². The van der Waals surface area contributed by atoms with E-state index in [-0.39, 0.29) is 12.1 Å². The molecule has 0 saturated heterocycles. The summed E-state index contributed by atoms with van der Waals surface area (Å²) in [7, 11) is 0. The summed E-state index contributed by atoms with van der Waals surface area (Å²) in [6, 6.07) is 8.21. The van der Waals surface area contributed by atoms with E-state index in [0.29, 0.717) is 11.5 Å². The third kappa shape index (κ3) is 2.26. The van der Waals surface area contributed by atoms with Crippen molar-refractivity contribution in [2.24, 2.45) is 5.92 Å². The molecule has 1 aromatic rings. The Morgan fingerprint density at radius 3 is 2.82 bits per heavy atom. The van der Waals surface area contributed by atoms with Crippen LogP contribution in [0.25, 0.3) is 0 Å². The SMILES string of the molecule is C=C(C)C(=O)OC1c2ccccc2CC1CC. The van der Waals surface area contributed by atoms with E-state index in [1.807, 2.05) is 12.1 Å². The highest BCUT2D eigenvalue weighted by molar-refractivity contribution is 5.87. The van der Waals surface area contributed by atoms with E-state index in [4.69, 9.17) is 4.74 Å². The van der Waals surface area contributed by atoms with Gasteiger partial charge in [0.15, 0.2) is 0 Å². The van der Waals surface area contributed by atoms with Crippen LogP contribution in [-0.4, -0.2) is 5.97 Å². The molecule has 0 saturated carbocycles. The first-order valence-electron chi connectivity index (χ1n) is 6.07. The van der Waals surface area contributed by atoms with Gasteiger partial charge in [0, 0.05) is 11.5 Å². The van der Waals surface area contributed by atoms with Gasteiger partial charge in [0.2, 0.25) is 0 Å². The Kier molecular flexibility index (Phi) is 3.32. The van der Waals surface area contributed by atoms with Crippen molar-refractivity contribution in [1.82, 2.24) is 0 Å². The highest BCUT2D eigenvalue weighted by atomic mass is 16.5. The molecule has 1 aliphatic carbocycles. The Morgan fingerprint density at radius 1 is 1.47 bits per heavy atom. The highest BCUT2D eigenvalue weighted by Crippen LogP contribution is 2.40. The maximum Gasteiger partial charge on any atom is 0.333 e. The van der Waals surface area contributed by atoms with Crippen LogP contribution < -0.4 is 0 Å². The molecule has 0 aliphatic heterocycles. The van der Waals surface area contributed by atoms with Crippen LogP contribution in [0.3, 0.4) is 0 Å². The molecule has 0 heterocycles. The molecule has 0 N–H and O–H groups in total. The fourth-order valence-electron chi connectivity index (χ4n) is 2.38. The Hall–Kier alpha value is -1.57. The molecule has 2 unspecified atom stereocenters. The summed E-state index contributed by atoms with van der Waals surface area (Å²) in [4.78, 5) is 11.6. The minimum atomic E-state index is -0.287. The highest BCUT2D eigenvalue weighted by Gasteiger charge is 2.33. The number of carbonyl (C=O) groups is 1. The standard InChI is InChI=1S/C15H18O2/c1-4-11-9-12-7-5-6-8-13(12)14(11)17-15(16)10(2)3/h5-8,11,14H,2,4,9H2,1,3H3. The molecule has 0 aromatic heterocycles. The van der Waals surface area contributed by atoms with E-state index in [9.17, 15) is 4.79 Å². The number of fused-ring (bicyclic) bond motifs is 1. The van der Waals surface area contributed by atoms with E-state index >= 15 is 0 Å². The molecule has 0 spiro atoms. The Balaban J connectivity index is 2.24. The first kappa shape index (κ1) is 11.9. The van der Waals surface area contributed by atoms with Gasteiger partial charge in [-0.3, -0.25) is 0 Å². The molecule has 0 radical (unpaired) electrons. The van der Waals surface area contributed by atoms with Gasteiger partial charge in [-0.05, 0) is 30.9 Å². The lowest BCUT2D eigenvalue weighted by atomic mass is 10.0. The van der Waals surface area contributed by atoms with Crippen molar-refractivity contribution < 1.29 is 9.53 Å². The number of hydrogen-bond donors (Lipinski definition) is 0. The minimum absolute atomic E-state index is 0.0969. The molecule has 2 heteroatoms. The van der Waals surface area contributed by atoms with E-state index < -0.39 is 0 Å². The number of ether oxygens (including phenoxy) is 1. The number of carbonyl (C=O) groups excluding carboxylic acids is 1. The second-order valence-corrected chi connectivity index (χ2v) is 4.68.